The lowest BCUT2D eigenvalue weighted by Gasteiger charge is -2.32. The molecule has 2 aromatic heterocycles. The molecule has 1 aliphatic heterocycles. The molecule has 3 aromatic rings. The van der Waals surface area contributed by atoms with Gasteiger partial charge in [-0.3, -0.25) is 9.97 Å². The third kappa shape index (κ3) is 6.11. The highest BCUT2D eigenvalue weighted by atomic mass is 79.9. The van der Waals surface area contributed by atoms with Crippen molar-refractivity contribution in [1.82, 2.24) is 9.97 Å². The maximum absolute atomic E-state index is 6.12. The zero-order chi connectivity index (χ0) is 24.4. The molecule has 0 aliphatic carbocycles. The molecule has 6 heteroatoms. The largest absolute Gasteiger partial charge is 0.494 e. The molecular formula is C27H34BBrN2O2. The fourth-order valence-corrected chi connectivity index (χ4v) is 3.56. The Labute approximate surface area is 207 Å². The second-order valence-corrected chi connectivity index (χ2v) is 11.3. The molecule has 0 bridgehead atoms. The van der Waals surface area contributed by atoms with Crippen molar-refractivity contribution in [2.45, 2.75) is 72.0 Å². The number of benzene rings is 1. The van der Waals surface area contributed by atoms with E-state index in [1.54, 1.807) is 6.20 Å². The topological polar surface area (TPSA) is 44.2 Å². The molecule has 0 N–H and O–H groups in total. The Morgan fingerprint density at radius 2 is 1.45 bits per heavy atom. The van der Waals surface area contributed by atoms with Crippen LogP contribution < -0.4 is 5.46 Å². The molecule has 4 rings (SSSR count). The van der Waals surface area contributed by atoms with Crippen LogP contribution in [0, 0.1) is 6.92 Å². The molecule has 4 nitrogen and oxygen atoms in total. The van der Waals surface area contributed by atoms with Crippen LogP contribution in [0.25, 0.3) is 11.3 Å². The smallest absolute Gasteiger partial charge is 0.399 e. The van der Waals surface area contributed by atoms with Crippen LogP contribution in [0.15, 0.2) is 65.4 Å². The Balaban J connectivity index is 0.000000323. The standard InChI is InChI=1S/C21H28BNO2.C6H6BrN/c1-19(2,3)16-12-13-23-18(14-16)15-8-10-17(11-9-15)22-24-20(4,5)21(6,7)25-22;1-5-6(7)3-2-4-8-5/h8-14H,1-7H3;2-4H,1H3. The highest BCUT2D eigenvalue weighted by molar-refractivity contribution is 9.10. The van der Waals surface area contributed by atoms with E-state index in [2.05, 4.69) is 111 Å². The fraction of sp³-hybridized carbons (Fsp3) is 0.407. The lowest BCUT2D eigenvalue weighted by atomic mass is 9.78. The SMILES string of the molecule is CC(C)(C)c1ccnc(-c2ccc(B3OC(C)(C)C(C)(C)O3)cc2)c1.Cc1ncccc1Br. The van der Waals surface area contributed by atoms with Crippen LogP contribution in [-0.4, -0.2) is 28.3 Å². The molecule has 174 valence electrons. The molecule has 0 atom stereocenters. The van der Waals surface area contributed by atoms with Gasteiger partial charge in [-0.05, 0) is 91.3 Å². The quantitative estimate of drug-likeness (QED) is 0.370. The average Bonchev–Trinajstić information content (AvgIpc) is 2.97. The van der Waals surface area contributed by atoms with Crippen molar-refractivity contribution in [2.24, 2.45) is 0 Å². The summed E-state index contributed by atoms with van der Waals surface area (Å²) >= 11 is 3.33. The molecule has 0 unspecified atom stereocenters. The minimum absolute atomic E-state index is 0.111. The highest BCUT2D eigenvalue weighted by Crippen LogP contribution is 2.36. The predicted molar refractivity (Wildman–Crippen MR) is 141 cm³/mol. The molecule has 0 radical (unpaired) electrons. The van der Waals surface area contributed by atoms with Crippen LogP contribution >= 0.6 is 15.9 Å². The van der Waals surface area contributed by atoms with Gasteiger partial charge in [0.25, 0.3) is 0 Å². The number of aryl methyl sites for hydroxylation is 1. The Bertz CT molecular complexity index is 1050. The van der Waals surface area contributed by atoms with Gasteiger partial charge in [0.05, 0.1) is 22.6 Å². The summed E-state index contributed by atoms with van der Waals surface area (Å²) in [6.07, 6.45) is 3.66. The van der Waals surface area contributed by atoms with Crippen LogP contribution in [0.3, 0.4) is 0 Å². The molecular weight excluding hydrogens is 475 g/mol. The Kier molecular flexibility index (Phi) is 7.52. The summed E-state index contributed by atoms with van der Waals surface area (Å²) in [4.78, 5) is 8.57. The van der Waals surface area contributed by atoms with E-state index < -0.39 is 0 Å². The third-order valence-electron chi connectivity index (χ3n) is 6.30. The van der Waals surface area contributed by atoms with Gasteiger partial charge in [-0.15, -0.1) is 0 Å². The van der Waals surface area contributed by atoms with Crippen LogP contribution in [0.5, 0.6) is 0 Å². The first kappa shape index (κ1) is 25.6. The molecule has 33 heavy (non-hydrogen) atoms. The Morgan fingerprint density at radius 3 is 1.94 bits per heavy atom. The Hall–Kier alpha value is -2.02. The van der Waals surface area contributed by atoms with E-state index in [-0.39, 0.29) is 23.7 Å². The van der Waals surface area contributed by atoms with Crippen molar-refractivity contribution < 1.29 is 9.31 Å². The van der Waals surface area contributed by atoms with Gasteiger partial charge in [-0.1, -0.05) is 45.0 Å². The van der Waals surface area contributed by atoms with E-state index in [1.807, 2.05) is 25.3 Å². The summed E-state index contributed by atoms with van der Waals surface area (Å²) in [5, 5.41) is 0. The number of rotatable bonds is 2. The minimum Gasteiger partial charge on any atom is -0.399 e. The van der Waals surface area contributed by atoms with Gasteiger partial charge in [0.2, 0.25) is 0 Å². The van der Waals surface area contributed by atoms with Gasteiger partial charge in [0.1, 0.15) is 0 Å². The van der Waals surface area contributed by atoms with Gasteiger partial charge < -0.3 is 9.31 Å². The molecule has 0 saturated carbocycles. The molecule has 1 fully saturated rings. The van der Waals surface area contributed by atoms with E-state index in [1.165, 1.54) is 5.56 Å². The van der Waals surface area contributed by atoms with E-state index in [0.29, 0.717) is 0 Å². The van der Waals surface area contributed by atoms with Gasteiger partial charge >= 0.3 is 7.12 Å². The summed E-state index contributed by atoms with van der Waals surface area (Å²) < 4.78 is 13.3. The minimum atomic E-state index is -0.326. The third-order valence-corrected chi connectivity index (χ3v) is 7.14. The second kappa shape index (κ2) is 9.69. The molecule has 1 saturated heterocycles. The van der Waals surface area contributed by atoms with Crippen molar-refractivity contribution in [3.8, 4) is 11.3 Å². The number of pyridine rings is 2. The highest BCUT2D eigenvalue weighted by Gasteiger charge is 2.51. The first-order valence-corrected chi connectivity index (χ1v) is 12.1. The van der Waals surface area contributed by atoms with Gasteiger partial charge in [0.15, 0.2) is 0 Å². The Morgan fingerprint density at radius 1 is 0.848 bits per heavy atom. The molecule has 1 aromatic carbocycles. The number of nitrogens with zero attached hydrogens (tertiary/aromatic N) is 2. The number of aromatic nitrogens is 2. The predicted octanol–water partition coefficient (Wildman–Crippen LogP) is 6.50. The van der Waals surface area contributed by atoms with Crippen LogP contribution in [-0.2, 0) is 14.7 Å². The van der Waals surface area contributed by atoms with Gasteiger partial charge in [-0.2, -0.15) is 0 Å². The van der Waals surface area contributed by atoms with Crippen molar-refractivity contribution >= 4 is 28.5 Å². The van der Waals surface area contributed by atoms with E-state index in [4.69, 9.17) is 9.31 Å². The van der Waals surface area contributed by atoms with Crippen molar-refractivity contribution in [2.75, 3.05) is 0 Å². The second-order valence-electron chi connectivity index (χ2n) is 10.5. The molecule has 0 amide bonds. The van der Waals surface area contributed by atoms with Crippen LogP contribution in [0.2, 0.25) is 0 Å². The zero-order valence-corrected chi connectivity index (χ0v) is 22.5. The summed E-state index contributed by atoms with van der Waals surface area (Å²) in [5.41, 5.74) is 4.92. The maximum Gasteiger partial charge on any atom is 0.494 e. The molecule has 3 heterocycles. The maximum atomic E-state index is 6.12. The van der Waals surface area contributed by atoms with Gasteiger partial charge in [-0.25, -0.2) is 0 Å². The van der Waals surface area contributed by atoms with Crippen molar-refractivity contribution in [3.05, 3.63) is 76.7 Å². The summed E-state index contributed by atoms with van der Waals surface area (Å²) in [7, 11) is -0.326. The van der Waals surface area contributed by atoms with Gasteiger partial charge in [0, 0.05) is 22.4 Å². The van der Waals surface area contributed by atoms with Crippen molar-refractivity contribution in [1.29, 1.82) is 0 Å². The van der Waals surface area contributed by atoms with E-state index >= 15 is 0 Å². The molecule has 1 aliphatic rings. The van der Waals surface area contributed by atoms with Crippen LogP contribution in [0.4, 0.5) is 0 Å². The normalized spacial score (nSPS) is 16.8. The lowest BCUT2D eigenvalue weighted by molar-refractivity contribution is 0.00578. The summed E-state index contributed by atoms with van der Waals surface area (Å²) in [6, 6.07) is 16.5. The monoisotopic (exact) mass is 508 g/mol. The summed E-state index contributed by atoms with van der Waals surface area (Å²) in [5.74, 6) is 0. The summed E-state index contributed by atoms with van der Waals surface area (Å²) in [6.45, 7) is 16.9. The van der Waals surface area contributed by atoms with E-state index in [0.717, 1.165) is 26.9 Å². The number of halogens is 1. The average molecular weight is 509 g/mol. The number of hydrogen-bond donors (Lipinski definition) is 0. The number of hydrogen-bond acceptors (Lipinski definition) is 4. The first-order chi connectivity index (χ1) is 15.3. The first-order valence-electron chi connectivity index (χ1n) is 11.3. The zero-order valence-electron chi connectivity index (χ0n) is 20.9. The lowest BCUT2D eigenvalue weighted by Crippen LogP contribution is -2.41. The molecule has 0 spiro atoms. The van der Waals surface area contributed by atoms with Crippen LogP contribution in [0.1, 0.15) is 59.7 Å². The van der Waals surface area contributed by atoms with Crippen molar-refractivity contribution in [3.63, 3.8) is 0 Å². The van der Waals surface area contributed by atoms with E-state index in [9.17, 15) is 0 Å². The fourth-order valence-electron chi connectivity index (χ4n) is 3.31.